The van der Waals surface area contributed by atoms with Crippen molar-refractivity contribution < 1.29 is 14.4 Å². The van der Waals surface area contributed by atoms with Crippen LogP contribution in [-0.2, 0) is 4.79 Å². The Kier molecular flexibility index (Phi) is 6.29. The molecule has 7 nitrogen and oxygen atoms in total. The third-order valence-electron chi connectivity index (χ3n) is 4.65. The number of anilines is 3. The number of carbonyl (C=O) groups excluding carboxylic acids is 3. The molecule has 0 bridgehead atoms. The highest BCUT2D eigenvalue weighted by Gasteiger charge is 2.39. The zero-order chi connectivity index (χ0) is 20.8. The second-order valence-electron chi connectivity index (χ2n) is 7.04. The SMILES string of the molecule is C=CCNC(=O)Nc1ccc(NC(=O)c2cccc(NC(=O)C3CC3C)c2)cc1. The topological polar surface area (TPSA) is 99.3 Å². The van der Waals surface area contributed by atoms with Gasteiger partial charge in [0, 0.05) is 35.1 Å². The Labute approximate surface area is 169 Å². The Balaban J connectivity index is 1.57. The molecule has 2 unspecified atom stereocenters. The normalized spacial score (nSPS) is 17.0. The molecule has 3 rings (SSSR count). The number of carbonyl (C=O) groups is 3. The molecule has 0 aliphatic heterocycles. The quantitative estimate of drug-likeness (QED) is 0.539. The Morgan fingerprint density at radius 1 is 1.00 bits per heavy atom. The first-order valence-electron chi connectivity index (χ1n) is 9.44. The van der Waals surface area contributed by atoms with Crippen molar-refractivity contribution in [3.05, 3.63) is 66.7 Å². The molecule has 4 amide bonds. The third-order valence-corrected chi connectivity index (χ3v) is 4.65. The monoisotopic (exact) mass is 392 g/mol. The summed E-state index contributed by atoms with van der Waals surface area (Å²) in [5.74, 6) is 0.200. The lowest BCUT2D eigenvalue weighted by molar-refractivity contribution is -0.117. The van der Waals surface area contributed by atoms with Crippen molar-refractivity contribution in [3.8, 4) is 0 Å². The molecule has 2 atom stereocenters. The van der Waals surface area contributed by atoms with Gasteiger partial charge in [0.05, 0.1) is 0 Å². The van der Waals surface area contributed by atoms with E-state index < -0.39 is 0 Å². The highest BCUT2D eigenvalue weighted by Crippen LogP contribution is 2.38. The van der Waals surface area contributed by atoms with Gasteiger partial charge in [-0.15, -0.1) is 6.58 Å². The van der Waals surface area contributed by atoms with Crippen LogP contribution in [0.3, 0.4) is 0 Å². The van der Waals surface area contributed by atoms with E-state index in [1.165, 1.54) is 0 Å². The molecule has 0 saturated heterocycles. The number of urea groups is 1. The summed E-state index contributed by atoms with van der Waals surface area (Å²) in [5.41, 5.74) is 2.24. The summed E-state index contributed by atoms with van der Waals surface area (Å²) >= 11 is 0. The maximum absolute atomic E-state index is 12.5. The number of amides is 4. The minimum Gasteiger partial charge on any atom is -0.334 e. The first-order chi connectivity index (χ1) is 14.0. The molecule has 0 heterocycles. The molecular weight excluding hydrogens is 368 g/mol. The van der Waals surface area contributed by atoms with E-state index in [4.69, 9.17) is 0 Å². The second kappa shape index (κ2) is 9.05. The van der Waals surface area contributed by atoms with Crippen molar-refractivity contribution in [1.82, 2.24) is 5.32 Å². The van der Waals surface area contributed by atoms with Gasteiger partial charge >= 0.3 is 6.03 Å². The largest absolute Gasteiger partial charge is 0.334 e. The highest BCUT2D eigenvalue weighted by molar-refractivity contribution is 6.05. The van der Waals surface area contributed by atoms with E-state index in [0.717, 1.165) is 6.42 Å². The summed E-state index contributed by atoms with van der Waals surface area (Å²) in [7, 11) is 0. The summed E-state index contributed by atoms with van der Waals surface area (Å²) in [6.07, 6.45) is 2.50. The van der Waals surface area contributed by atoms with Crippen molar-refractivity contribution in [2.45, 2.75) is 13.3 Å². The van der Waals surface area contributed by atoms with Crippen LogP contribution in [0.1, 0.15) is 23.7 Å². The van der Waals surface area contributed by atoms with Crippen LogP contribution in [0.4, 0.5) is 21.9 Å². The number of hydrogen-bond donors (Lipinski definition) is 4. The van der Waals surface area contributed by atoms with Crippen LogP contribution in [0, 0.1) is 11.8 Å². The van der Waals surface area contributed by atoms with Gasteiger partial charge in [-0.25, -0.2) is 4.79 Å². The lowest BCUT2D eigenvalue weighted by atomic mass is 10.1. The van der Waals surface area contributed by atoms with Crippen LogP contribution in [0.25, 0.3) is 0 Å². The van der Waals surface area contributed by atoms with Gasteiger partial charge in [0.25, 0.3) is 5.91 Å². The minimum absolute atomic E-state index is 0.00438. The van der Waals surface area contributed by atoms with Crippen molar-refractivity contribution in [2.24, 2.45) is 11.8 Å². The van der Waals surface area contributed by atoms with E-state index in [1.54, 1.807) is 54.6 Å². The molecule has 150 valence electrons. The fourth-order valence-electron chi connectivity index (χ4n) is 2.84. The highest BCUT2D eigenvalue weighted by atomic mass is 16.2. The van der Waals surface area contributed by atoms with Crippen LogP contribution in [-0.4, -0.2) is 24.4 Å². The van der Waals surface area contributed by atoms with Gasteiger partial charge in [-0.1, -0.05) is 19.1 Å². The maximum atomic E-state index is 12.5. The molecule has 7 heteroatoms. The lowest BCUT2D eigenvalue weighted by Gasteiger charge is -2.10. The fourth-order valence-corrected chi connectivity index (χ4v) is 2.84. The number of benzene rings is 2. The maximum Gasteiger partial charge on any atom is 0.319 e. The predicted molar refractivity (Wildman–Crippen MR) is 114 cm³/mol. The van der Waals surface area contributed by atoms with Gasteiger partial charge in [-0.2, -0.15) is 0 Å². The molecule has 1 fully saturated rings. The number of nitrogens with one attached hydrogen (secondary N) is 4. The van der Waals surface area contributed by atoms with E-state index in [0.29, 0.717) is 35.1 Å². The number of rotatable bonds is 7. The van der Waals surface area contributed by atoms with E-state index in [-0.39, 0.29) is 23.8 Å². The molecule has 29 heavy (non-hydrogen) atoms. The first-order valence-corrected chi connectivity index (χ1v) is 9.44. The third kappa shape index (κ3) is 5.68. The average molecular weight is 392 g/mol. The summed E-state index contributed by atoms with van der Waals surface area (Å²) in [4.78, 5) is 36.2. The van der Waals surface area contributed by atoms with E-state index in [9.17, 15) is 14.4 Å². The predicted octanol–water partition coefficient (Wildman–Crippen LogP) is 3.84. The van der Waals surface area contributed by atoms with Gasteiger partial charge in [0.2, 0.25) is 5.91 Å². The molecule has 0 spiro atoms. The van der Waals surface area contributed by atoms with Crippen molar-refractivity contribution >= 4 is 34.9 Å². The van der Waals surface area contributed by atoms with Crippen molar-refractivity contribution in [2.75, 3.05) is 22.5 Å². The van der Waals surface area contributed by atoms with Crippen LogP contribution in [0.5, 0.6) is 0 Å². The Morgan fingerprint density at radius 3 is 2.28 bits per heavy atom. The second-order valence-corrected chi connectivity index (χ2v) is 7.04. The molecule has 2 aromatic carbocycles. The van der Waals surface area contributed by atoms with E-state index in [1.807, 2.05) is 6.92 Å². The molecule has 2 aromatic rings. The molecule has 1 aliphatic rings. The van der Waals surface area contributed by atoms with Gasteiger partial charge < -0.3 is 21.3 Å². The minimum atomic E-state index is -0.332. The summed E-state index contributed by atoms with van der Waals surface area (Å²) < 4.78 is 0. The Hall–Kier alpha value is -3.61. The summed E-state index contributed by atoms with van der Waals surface area (Å²) in [6.45, 7) is 5.95. The molecule has 1 saturated carbocycles. The van der Waals surface area contributed by atoms with Crippen LogP contribution in [0.2, 0.25) is 0 Å². The molecular formula is C22H24N4O3. The van der Waals surface area contributed by atoms with E-state index in [2.05, 4.69) is 27.8 Å². The van der Waals surface area contributed by atoms with E-state index >= 15 is 0 Å². The molecule has 1 aliphatic carbocycles. The molecule has 4 N–H and O–H groups in total. The number of hydrogen-bond acceptors (Lipinski definition) is 3. The molecule has 0 aromatic heterocycles. The summed E-state index contributed by atoms with van der Waals surface area (Å²) in [6, 6.07) is 13.3. The van der Waals surface area contributed by atoms with Crippen LogP contribution in [0.15, 0.2) is 61.2 Å². The van der Waals surface area contributed by atoms with Gasteiger partial charge in [0.15, 0.2) is 0 Å². The van der Waals surface area contributed by atoms with Gasteiger partial charge in [0.1, 0.15) is 0 Å². The molecule has 0 radical (unpaired) electrons. The summed E-state index contributed by atoms with van der Waals surface area (Å²) in [5, 5.41) is 11.0. The Bertz CT molecular complexity index is 924. The standard InChI is InChI=1S/C22H24N4O3/c1-3-11-23-22(29)26-17-9-7-16(8-10-17)24-20(27)15-5-4-6-18(13-15)25-21(28)19-12-14(19)2/h3-10,13-14,19H,1,11-12H2,2H3,(H,24,27)(H,25,28)(H2,23,26,29). The lowest BCUT2D eigenvalue weighted by Crippen LogP contribution is -2.28. The van der Waals surface area contributed by atoms with Crippen LogP contribution >= 0.6 is 0 Å². The smallest absolute Gasteiger partial charge is 0.319 e. The van der Waals surface area contributed by atoms with Gasteiger partial charge in [-0.3, -0.25) is 9.59 Å². The Morgan fingerprint density at radius 2 is 1.66 bits per heavy atom. The zero-order valence-electron chi connectivity index (χ0n) is 16.2. The van der Waals surface area contributed by atoms with Crippen LogP contribution < -0.4 is 21.3 Å². The van der Waals surface area contributed by atoms with Crippen molar-refractivity contribution in [1.29, 1.82) is 0 Å². The van der Waals surface area contributed by atoms with Crippen molar-refractivity contribution in [3.63, 3.8) is 0 Å². The van der Waals surface area contributed by atoms with Gasteiger partial charge in [-0.05, 0) is 54.8 Å². The average Bonchev–Trinajstić information content (AvgIpc) is 3.45. The zero-order valence-corrected chi connectivity index (χ0v) is 16.2. The first kappa shape index (κ1) is 20.1. The fraction of sp³-hybridized carbons (Fsp3) is 0.227.